The Morgan fingerprint density at radius 3 is 2.35 bits per heavy atom. The number of nitrogens with zero attached hydrogens (tertiary/aromatic N) is 1. The summed E-state index contributed by atoms with van der Waals surface area (Å²) in [7, 11) is 3.44. The van der Waals surface area contributed by atoms with E-state index in [1.54, 1.807) is 14.2 Å². The van der Waals surface area contributed by atoms with Gasteiger partial charge in [0.1, 0.15) is 12.4 Å². The van der Waals surface area contributed by atoms with E-state index in [2.05, 4.69) is 34.7 Å². The molecule has 26 heavy (non-hydrogen) atoms. The Morgan fingerprint density at radius 2 is 1.73 bits per heavy atom. The smallest absolute Gasteiger partial charge is 0.191 e. The molecule has 1 atom stereocenters. The minimum atomic E-state index is 0. The van der Waals surface area contributed by atoms with E-state index in [0.717, 1.165) is 17.3 Å². The van der Waals surface area contributed by atoms with Crippen molar-refractivity contribution < 1.29 is 9.47 Å². The summed E-state index contributed by atoms with van der Waals surface area (Å²) in [6.07, 6.45) is 0. The topological polar surface area (TPSA) is 54.9 Å². The van der Waals surface area contributed by atoms with Crippen LogP contribution in [0.5, 0.6) is 5.75 Å². The molecule has 0 radical (unpaired) electrons. The molecule has 0 heterocycles. The van der Waals surface area contributed by atoms with E-state index in [0.29, 0.717) is 19.8 Å². The van der Waals surface area contributed by atoms with E-state index in [1.165, 1.54) is 5.56 Å². The Morgan fingerprint density at radius 1 is 1.04 bits per heavy atom. The van der Waals surface area contributed by atoms with Gasteiger partial charge >= 0.3 is 0 Å². The predicted octanol–water partition coefficient (Wildman–Crippen LogP) is 3.76. The monoisotopic (exact) mass is 469 g/mol. The van der Waals surface area contributed by atoms with Crippen molar-refractivity contribution in [3.05, 3.63) is 65.7 Å². The molecule has 2 rings (SSSR count). The van der Waals surface area contributed by atoms with Gasteiger partial charge in [-0.05, 0) is 30.2 Å². The van der Waals surface area contributed by atoms with E-state index in [4.69, 9.17) is 9.47 Å². The van der Waals surface area contributed by atoms with Crippen molar-refractivity contribution in [2.45, 2.75) is 19.5 Å². The van der Waals surface area contributed by atoms with Gasteiger partial charge in [-0.15, -0.1) is 24.0 Å². The number of rotatable bonds is 8. The van der Waals surface area contributed by atoms with Gasteiger partial charge in [-0.3, -0.25) is 4.99 Å². The van der Waals surface area contributed by atoms with Crippen LogP contribution in [0.25, 0.3) is 0 Å². The molecule has 0 aliphatic rings. The number of aliphatic imine (C=N–C) groups is 1. The highest BCUT2D eigenvalue weighted by Gasteiger charge is 2.07. The number of guanidine groups is 1. The van der Waals surface area contributed by atoms with Crippen molar-refractivity contribution in [3.63, 3.8) is 0 Å². The second-order valence-corrected chi connectivity index (χ2v) is 5.69. The van der Waals surface area contributed by atoms with Crippen LogP contribution in [0.1, 0.15) is 24.1 Å². The highest BCUT2D eigenvalue weighted by Crippen LogP contribution is 2.13. The fraction of sp³-hybridized carbons (Fsp3) is 0.350. The molecule has 0 spiro atoms. The summed E-state index contributed by atoms with van der Waals surface area (Å²) in [5.41, 5.74) is 2.39. The van der Waals surface area contributed by atoms with Crippen molar-refractivity contribution >= 4 is 29.9 Å². The zero-order valence-electron chi connectivity index (χ0n) is 15.6. The van der Waals surface area contributed by atoms with Gasteiger partial charge in [0.05, 0.1) is 12.6 Å². The van der Waals surface area contributed by atoms with Crippen molar-refractivity contribution in [2.24, 2.45) is 4.99 Å². The van der Waals surface area contributed by atoms with Crippen LogP contribution in [0, 0.1) is 0 Å². The Balaban J connectivity index is 0.00000338. The van der Waals surface area contributed by atoms with Crippen molar-refractivity contribution in [1.82, 2.24) is 10.6 Å². The molecule has 2 aromatic carbocycles. The summed E-state index contributed by atoms with van der Waals surface area (Å²) < 4.78 is 10.5. The summed E-state index contributed by atoms with van der Waals surface area (Å²) in [4.78, 5) is 4.29. The molecule has 6 heteroatoms. The summed E-state index contributed by atoms with van der Waals surface area (Å²) in [5, 5.41) is 6.74. The Labute approximate surface area is 173 Å². The second-order valence-electron chi connectivity index (χ2n) is 5.69. The lowest BCUT2D eigenvalue weighted by Crippen LogP contribution is -2.38. The molecule has 1 unspecified atom stereocenters. The maximum atomic E-state index is 5.57. The predicted molar refractivity (Wildman–Crippen MR) is 117 cm³/mol. The molecule has 0 saturated carbocycles. The lowest BCUT2D eigenvalue weighted by atomic mass is 10.1. The molecule has 0 fully saturated rings. The maximum absolute atomic E-state index is 5.57. The number of methoxy groups -OCH3 is 1. The van der Waals surface area contributed by atoms with E-state index in [9.17, 15) is 0 Å². The van der Waals surface area contributed by atoms with Crippen LogP contribution in [0.2, 0.25) is 0 Å². The van der Waals surface area contributed by atoms with Gasteiger partial charge in [0.15, 0.2) is 5.96 Å². The standard InChI is InChI=1S/C20H27N3O2.HI/c1-16(18-7-5-4-6-8-18)23-20(21-2)22-15-17-9-11-19(12-10-17)25-14-13-24-3;/h4-12,16H,13-15H2,1-3H3,(H2,21,22,23);1H. The number of hydrogen-bond acceptors (Lipinski definition) is 3. The molecule has 0 aliphatic heterocycles. The first kappa shape index (κ1) is 22.2. The van der Waals surface area contributed by atoms with Gasteiger partial charge in [0, 0.05) is 20.7 Å². The van der Waals surface area contributed by atoms with Gasteiger partial charge in [0.25, 0.3) is 0 Å². The molecular formula is C20H28IN3O2. The fourth-order valence-electron chi connectivity index (χ4n) is 2.36. The molecule has 0 amide bonds. The van der Waals surface area contributed by atoms with Crippen LogP contribution < -0.4 is 15.4 Å². The average Bonchev–Trinajstić information content (AvgIpc) is 2.67. The molecule has 0 aliphatic carbocycles. The van der Waals surface area contributed by atoms with Gasteiger partial charge in [-0.25, -0.2) is 0 Å². The van der Waals surface area contributed by atoms with Crippen LogP contribution >= 0.6 is 24.0 Å². The van der Waals surface area contributed by atoms with Crippen molar-refractivity contribution in [1.29, 1.82) is 0 Å². The van der Waals surface area contributed by atoms with Crippen LogP contribution in [0.4, 0.5) is 0 Å². The van der Waals surface area contributed by atoms with Gasteiger partial charge in [0.2, 0.25) is 0 Å². The minimum Gasteiger partial charge on any atom is -0.491 e. The maximum Gasteiger partial charge on any atom is 0.191 e. The van der Waals surface area contributed by atoms with Crippen LogP contribution in [-0.4, -0.2) is 33.3 Å². The second kappa shape index (κ2) is 12.5. The van der Waals surface area contributed by atoms with E-state index < -0.39 is 0 Å². The number of ether oxygens (including phenoxy) is 2. The zero-order valence-corrected chi connectivity index (χ0v) is 17.9. The molecular weight excluding hydrogens is 441 g/mol. The van der Waals surface area contributed by atoms with E-state index in [-0.39, 0.29) is 30.0 Å². The van der Waals surface area contributed by atoms with Crippen LogP contribution in [0.3, 0.4) is 0 Å². The minimum absolute atomic E-state index is 0. The normalized spacial score (nSPS) is 12.0. The fourth-order valence-corrected chi connectivity index (χ4v) is 2.36. The summed E-state index contributed by atoms with van der Waals surface area (Å²) in [6.45, 7) is 3.96. The summed E-state index contributed by atoms with van der Waals surface area (Å²) in [5.74, 6) is 1.62. The molecule has 0 saturated heterocycles. The van der Waals surface area contributed by atoms with Gasteiger partial charge < -0.3 is 20.1 Å². The molecule has 142 valence electrons. The Hall–Kier alpha value is -1.80. The lowest BCUT2D eigenvalue weighted by molar-refractivity contribution is 0.146. The van der Waals surface area contributed by atoms with Gasteiger partial charge in [-0.2, -0.15) is 0 Å². The first-order valence-electron chi connectivity index (χ1n) is 8.45. The SMILES string of the molecule is CN=C(NCc1ccc(OCCOC)cc1)NC(C)c1ccccc1.I. The lowest BCUT2D eigenvalue weighted by Gasteiger charge is -2.18. The first-order chi connectivity index (χ1) is 12.2. The van der Waals surface area contributed by atoms with Gasteiger partial charge in [-0.1, -0.05) is 42.5 Å². The van der Waals surface area contributed by atoms with Crippen molar-refractivity contribution in [2.75, 3.05) is 27.4 Å². The molecule has 0 aromatic heterocycles. The zero-order chi connectivity index (χ0) is 17.9. The highest BCUT2D eigenvalue weighted by atomic mass is 127. The number of halogens is 1. The molecule has 0 bridgehead atoms. The third-order valence-corrected chi connectivity index (χ3v) is 3.82. The van der Waals surface area contributed by atoms with E-state index >= 15 is 0 Å². The third kappa shape index (κ3) is 7.61. The van der Waals surface area contributed by atoms with Crippen molar-refractivity contribution in [3.8, 4) is 5.75 Å². The third-order valence-electron chi connectivity index (χ3n) is 3.82. The largest absolute Gasteiger partial charge is 0.491 e. The average molecular weight is 469 g/mol. The summed E-state index contributed by atoms with van der Waals surface area (Å²) in [6, 6.07) is 18.5. The van der Waals surface area contributed by atoms with E-state index in [1.807, 2.05) is 42.5 Å². The Bertz CT molecular complexity index is 648. The highest BCUT2D eigenvalue weighted by molar-refractivity contribution is 14.0. The quantitative estimate of drug-likeness (QED) is 0.268. The summed E-state index contributed by atoms with van der Waals surface area (Å²) >= 11 is 0. The van der Waals surface area contributed by atoms with Crippen LogP contribution in [-0.2, 0) is 11.3 Å². The number of hydrogen-bond donors (Lipinski definition) is 2. The molecule has 2 aromatic rings. The number of benzene rings is 2. The first-order valence-corrected chi connectivity index (χ1v) is 8.45. The van der Waals surface area contributed by atoms with Crippen LogP contribution in [0.15, 0.2) is 59.6 Å². The number of nitrogens with one attached hydrogen (secondary N) is 2. The Kier molecular flexibility index (Phi) is 10.7. The molecule has 2 N–H and O–H groups in total. The molecule has 5 nitrogen and oxygen atoms in total.